The summed E-state index contributed by atoms with van der Waals surface area (Å²) in [6.07, 6.45) is 1.91. The molecule has 1 atom stereocenters. The molecule has 6 nitrogen and oxygen atoms in total. The Morgan fingerprint density at radius 3 is 3.00 bits per heavy atom. The van der Waals surface area contributed by atoms with E-state index in [1.807, 2.05) is 7.05 Å². The van der Waals surface area contributed by atoms with E-state index < -0.39 is 10.0 Å². The average Bonchev–Trinajstić information content (AvgIpc) is 2.74. The smallest absolute Gasteiger partial charge is 0.220 e. The first-order valence-corrected chi connectivity index (χ1v) is 7.69. The molecule has 7 heteroatoms. The number of hydrogen-bond donors (Lipinski definition) is 1. The lowest BCUT2D eigenvalue weighted by Crippen LogP contribution is -2.47. The molecule has 0 aromatic carbocycles. The van der Waals surface area contributed by atoms with Crippen molar-refractivity contribution >= 4 is 10.0 Å². The summed E-state index contributed by atoms with van der Waals surface area (Å²) in [6.45, 7) is 2.88. The predicted octanol–water partition coefficient (Wildman–Crippen LogP) is 0.497. The van der Waals surface area contributed by atoms with Crippen LogP contribution in [0, 0.1) is 6.92 Å². The summed E-state index contributed by atoms with van der Waals surface area (Å²) in [6, 6.07) is 1.91. The van der Waals surface area contributed by atoms with Crippen molar-refractivity contribution in [1.82, 2.24) is 14.8 Å². The molecular formula is C11H19N3O3S. The summed E-state index contributed by atoms with van der Waals surface area (Å²) in [4.78, 5) is 0. The van der Waals surface area contributed by atoms with Gasteiger partial charge in [-0.05, 0) is 26.8 Å². The molecule has 0 saturated carbocycles. The van der Waals surface area contributed by atoms with Crippen LogP contribution in [0.2, 0.25) is 0 Å². The Morgan fingerprint density at radius 1 is 1.61 bits per heavy atom. The molecule has 1 aliphatic rings. The van der Waals surface area contributed by atoms with E-state index in [4.69, 9.17) is 4.52 Å². The molecule has 0 aliphatic carbocycles. The van der Waals surface area contributed by atoms with Crippen LogP contribution in [0.1, 0.15) is 24.3 Å². The van der Waals surface area contributed by atoms with Crippen molar-refractivity contribution in [2.24, 2.45) is 0 Å². The summed E-state index contributed by atoms with van der Waals surface area (Å²) in [5.74, 6) is 0.549. The second-order valence-corrected chi connectivity index (χ2v) is 6.64. The van der Waals surface area contributed by atoms with Gasteiger partial charge in [0.2, 0.25) is 10.0 Å². The Labute approximate surface area is 107 Å². The molecule has 2 rings (SSSR count). The highest BCUT2D eigenvalue weighted by Gasteiger charge is 2.29. The van der Waals surface area contributed by atoms with Gasteiger partial charge in [0.05, 0.1) is 0 Å². The SMILES string of the molecule is CNC1CCCN(S(=O)(=O)Cc2cc(C)on2)C1. The number of aromatic nitrogens is 1. The lowest BCUT2D eigenvalue weighted by Gasteiger charge is -2.31. The van der Waals surface area contributed by atoms with Gasteiger partial charge in [-0.3, -0.25) is 0 Å². The van der Waals surface area contributed by atoms with Crippen molar-refractivity contribution in [3.05, 3.63) is 17.5 Å². The largest absolute Gasteiger partial charge is 0.361 e. The third-order valence-electron chi connectivity index (χ3n) is 3.19. The molecule has 0 bridgehead atoms. The number of rotatable bonds is 4. The van der Waals surface area contributed by atoms with E-state index in [1.165, 1.54) is 0 Å². The number of nitrogens with one attached hydrogen (secondary N) is 1. The average molecular weight is 273 g/mol. The van der Waals surface area contributed by atoms with Crippen LogP contribution in [0.4, 0.5) is 0 Å². The normalized spacial score (nSPS) is 22.2. The third kappa shape index (κ3) is 3.09. The Morgan fingerprint density at radius 2 is 2.39 bits per heavy atom. The molecule has 18 heavy (non-hydrogen) atoms. The number of sulfonamides is 1. The van der Waals surface area contributed by atoms with Gasteiger partial charge >= 0.3 is 0 Å². The number of hydrogen-bond acceptors (Lipinski definition) is 5. The minimum absolute atomic E-state index is 0.0826. The lowest BCUT2D eigenvalue weighted by atomic mass is 10.1. The Hall–Kier alpha value is -0.920. The molecule has 0 amide bonds. The highest BCUT2D eigenvalue weighted by Crippen LogP contribution is 2.17. The number of nitrogens with zero attached hydrogens (tertiary/aromatic N) is 2. The molecule has 0 radical (unpaired) electrons. The summed E-state index contributed by atoms with van der Waals surface area (Å²) in [7, 11) is -1.43. The second-order valence-electron chi connectivity index (χ2n) is 4.67. The van der Waals surface area contributed by atoms with Gasteiger partial charge in [0.25, 0.3) is 0 Å². The number of piperidine rings is 1. The Kier molecular flexibility index (Phi) is 4.04. The van der Waals surface area contributed by atoms with Gasteiger partial charge in [0.1, 0.15) is 17.2 Å². The van der Waals surface area contributed by atoms with Gasteiger partial charge in [-0.1, -0.05) is 5.16 Å². The maximum Gasteiger partial charge on any atom is 0.220 e. The molecule has 1 fully saturated rings. The van der Waals surface area contributed by atoms with Gasteiger partial charge in [0, 0.05) is 25.2 Å². The molecule has 1 N–H and O–H groups in total. The maximum atomic E-state index is 12.2. The zero-order valence-electron chi connectivity index (χ0n) is 10.7. The van der Waals surface area contributed by atoms with Gasteiger partial charge in [-0.15, -0.1) is 0 Å². The maximum absolute atomic E-state index is 12.2. The molecule has 2 heterocycles. The molecule has 1 saturated heterocycles. The van der Waals surface area contributed by atoms with Crippen LogP contribution < -0.4 is 5.32 Å². The van der Waals surface area contributed by atoms with E-state index in [-0.39, 0.29) is 11.8 Å². The molecule has 1 aliphatic heterocycles. The fraction of sp³-hybridized carbons (Fsp3) is 0.727. The zero-order valence-corrected chi connectivity index (χ0v) is 11.5. The fourth-order valence-electron chi connectivity index (χ4n) is 2.19. The monoisotopic (exact) mass is 273 g/mol. The molecule has 1 unspecified atom stereocenters. The van der Waals surface area contributed by atoms with Crippen molar-refractivity contribution in [1.29, 1.82) is 0 Å². The standard InChI is InChI=1S/C11H19N3O3S/c1-9-6-11(13-17-9)8-18(15,16)14-5-3-4-10(7-14)12-2/h6,10,12H,3-5,7-8H2,1-2H3. The molecule has 102 valence electrons. The van der Waals surface area contributed by atoms with Gasteiger partial charge in [-0.2, -0.15) is 0 Å². The Bertz CT molecular complexity index is 497. The van der Waals surface area contributed by atoms with Gasteiger partial charge < -0.3 is 9.84 Å². The first kappa shape index (κ1) is 13.5. The Balaban J connectivity index is 2.06. The summed E-state index contributed by atoms with van der Waals surface area (Å²) in [5.41, 5.74) is 0.471. The minimum Gasteiger partial charge on any atom is -0.361 e. The first-order chi connectivity index (χ1) is 8.51. The van der Waals surface area contributed by atoms with Crippen LogP contribution in [0.25, 0.3) is 0 Å². The highest BCUT2D eigenvalue weighted by atomic mass is 32.2. The van der Waals surface area contributed by atoms with Crippen LogP contribution in [-0.4, -0.2) is 44.1 Å². The van der Waals surface area contributed by atoms with Crippen LogP contribution in [-0.2, 0) is 15.8 Å². The second kappa shape index (κ2) is 5.38. The molecule has 1 aromatic rings. The van der Waals surface area contributed by atoms with E-state index in [1.54, 1.807) is 17.3 Å². The third-order valence-corrected chi connectivity index (χ3v) is 4.97. The minimum atomic E-state index is -3.30. The number of likely N-dealkylation sites (N-methyl/N-ethyl adjacent to an activating group) is 1. The van der Waals surface area contributed by atoms with Gasteiger partial charge in [0.15, 0.2) is 0 Å². The van der Waals surface area contributed by atoms with E-state index in [9.17, 15) is 8.42 Å². The van der Waals surface area contributed by atoms with E-state index in [0.29, 0.717) is 24.5 Å². The van der Waals surface area contributed by atoms with Crippen LogP contribution >= 0.6 is 0 Å². The van der Waals surface area contributed by atoms with E-state index in [2.05, 4.69) is 10.5 Å². The quantitative estimate of drug-likeness (QED) is 0.864. The molecule has 0 spiro atoms. The zero-order chi connectivity index (χ0) is 13.2. The van der Waals surface area contributed by atoms with Crippen molar-refractivity contribution in [3.8, 4) is 0 Å². The van der Waals surface area contributed by atoms with Crippen molar-refractivity contribution in [2.45, 2.75) is 31.6 Å². The predicted molar refractivity (Wildman–Crippen MR) is 67.5 cm³/mol. The van der Waals surface area contributed by atoms with Gasteiger partial charge in [-0.25, -0.2) is 12.7 Å². The first-order valence-electron chi connectivity index (χ1n) is 6.08. The fourth-order valence-corrected chi connectivity index (χ4v) is 3.70. The van der Waals surface area contributed by atoms with E-state index in [0.717, 1.165) is 12.8 Å². The van der Waals surface area contributed by atoms with Crippen LogP contribution in [0.5, 0.6) is 0 Å². The van der Waals surface area contributed by atoms with Crippen molar-refractivity contribution in [3.63, 3.8) is 0 Å². The molecular weight excluding hydrogens is 254 g/mol. The van der Waals surface area contributed by atoms with Crippen LogP contribution in [0.3, 0.4) is 0 Å². The summed E-state index contributed by atoms with van der Waals surface area (Å²) >= 11 is 0. The summed E-state index contributed by atoms with van der Waals surface area (Å²) in [5, 5.41) is 6.87. The summed E-state index contributed by atoms with van der Waals surface area (Å²) < 4.78 is 30.9. The van der Waals surface area contributed by atoms with Crippen molar-refractivity contribution < 1.29 is 12.9 Å². The van der Waals surface area contributed by atoms with Crippen molar-refractivity contribution in [2.75, 3.05) is 20.1 Å². The highest BCUT2D eigenvalue weighted by molar-refractivity contribution is 7.88. The van der Waals surface area contributed by atoms with Crippen LogP contribution in [0.15, 0.2) is 10.6 Å². The topological polar surface area (TPSA) is 75.4 Å². The lowest BCUT2D eigenvalue weighted by molar-refractivity contribution is 0.292. The number of aryl methyl sites for hydroxylation is 1. The van der Waals surface area contributed by atoms with E-state index >= 15 is 0 Å². The molecule has 1 aromatic heterocycles.